The molecule has 0 amide bonds. The molecule has 0 unspecified atom stereocenters. The van der Waals surface area contributed by atoms with Crippen molar-refractivity contribution in [3.8, 4) is 0 Å². The maximum absolute atomic E-state index is 13.8. The molecule has 0 aliphatic rings. The number of benzene rings is 1. The third-order valence-corrected chi connectivity index (χ3v) is 2.75. The minimum atomic E-state index is -1.54. The Hall–Kier alpha value is -2.44. The van der Waals surface area contributed by atoms with Gasteiger partial charge in [-0.15, -0.1) is 6.58 Å². The van der Waals surface area contributed by atoms with Crippen molar-refractivity contribution in [1.82, 2.24) is 0 Å². The molecule has 0 saturated heterocycles. The van der Waals surface area contributed by atoms with Gasteiger partial charge in [-0.05, 0) is 13.8 Å². The van der Waals surface area contributed by atoms with Crippen LogP contribution < -0.4 is 4.90 Å². The number of hydrogen-bond donors (Lipinski definition) is 1. The molecule has 0 heterocycles. The maximum Gasteiger partial charge on any atom is 0.338 e. The molecule has 7 heteroatoms. The lowest BCUT2D eigenvalue weighted by Gasteiger charge is -2.27. The lowest BCUT2D eigenvalue weighted by atomic mass is 10.1. The van der Waals surface area contributed by atoms with Crippen LogP contribution >= 0.6 is 0 Å². The van der Waals surface area contributed by atoms with Crippen LogP contribution in [0.1, 0.15) is 24.2 Å². The predicted molar refractivity (Wildman–Crippen MR) is 72.7 cm³/mol. The van der Waals surface area contributed by atoms with Gasteiger partial charge in [-0.2, -0.15) is 0 Å². The fourth-order valence-corrected chi connectivity index (χ4v) is 1.82. The highest BCUT2D eigenvalue weighted by Crippen LogP contribution is 2.32. The topological polar surface area (TPSA) is 83.7 Å². The first kappa shape index (κ1) is 15.6. The van der Waals surface area contributed by atoms with Crippen LogP contribution in [0.4, 0.5) is 15.8 Å². The quantitative estimate of drug-likeness (QED) is 0.492. The molecule has 6 nitrogen and oxygen atoms in total. The van der Waals surface area contributed by atoms with E-state index in [0.29, 0.717) is 0 Å². The van der Waals surface area contributed by atoms with Gasteiger partial charge >= 0.3 is 5.97 Å². The van der Waals surface area contributed by atoms with Crippen LogP contribution in [-0.4, -0.2) is 28.6 Å². The Morgan fingerprint density at radius 3 is 2.60 bits per heavy atom. The summed E-state index contributed by atoms with van der Waals surface area (Å²) < 4.78 is 13.8. The number of nitrogens with zero attached hydrogens (tertiary/aromatic N) is 2. The van der Waals surface area contributed by atoms with Crippen LogP contribution in [-0.2, 0) is 0 Å². The Morgan fingerprint density at radius 1 is 1.60 bits per heavy atom. The largest absolute Gasteiger partial charge is 0.478 e. The van der Waals surface area contributed by atoms with Gasteiger partial charge in [-0.3, -0.25) is 10.1 Å². The van der Waals surface area contributed by atoms with E-state index in [1.807, 2.05) is 0 Å². The molecule has 0 fully saturated rings. The third kappa shape index (κ3) is 3.11. The van der Waals surface area contributed by atoms with Crippen molar-refractivity contribution in [2.24, 2.45) is 0 Å². The molecule has 1 aromatic rings. The predicted octanol–water partition coefficient (Wildman–Crippen LogP) is 2.83. The monoisotopic (exact) mass is 282 g/mol. The minimum Gasteiger partial charge on any atom is -0.478 e. The van der Waals surface area contributed by atoms with Crippen LogP contribution in [0.25, 0.3) is 0 Å². The molecular formula is C13H15FN2O4. The summed E-state index contributed by atoms with van der Waals surface area (Å²) in [6.07, 6.45) is 1.53. The average Bonchev–Trinajstić information content (AvgIpc) is 2.34. The van der Waals surface area contributed by atoms with Crippen molar-refractivity contribution in [2.75, 3.05) is 11.4 Å². The number of nitro groups is 1. The Labute approximate surface area is 115 Å². The summed E-state index contributed by atoms with van der Waals surface area (Å²) in [7, 11) is 0. The first-order valence-corrected chi connectivity index (χ1v) is 5.88. The molecular weight excluding hydrogens is 267 g/mol. The van der Waals surface area contributed by atoms with Crippen LogP contribution in [0.15, 0.2) is 24.8 Å². The second-order valence-corrected chi connectivity index (χ2v) is 4.42. The van der Waals surface area contributed by atoms with Gasteiger partial charge in [0.25, 0.3) is 5.69 Å². The Bertz CT molecular complexity index is 558. The highest BCUT2D eigenvalue weighted by Gasteiger charge is 2.26. The van der Waals surface area contributed by atoms with E-state index in [0.717, 1.165) is 12.1 Å². The maximum atomic E-state index is 13.8. The number of hydrogen-bond acceptors (Lipinski definition) is 4. The molecule has 0 radical (unpaired) electrons. The van der Waals surface area contributed by atoms with Crippen molar-refractivity contribution in [1.29, 1.82) is 0 Å². The van der Waals surface area contributed by atoms with Gasteiger partial charge in [0.15, 0.2) is 0 Å². The third-order valence-electron chi connectivity index (χ3n) is 2.75. The highest BCUT2D eigenvalue weighted by molar-refractivity contribution is 5.90. The standard InChI is InChI=1S/C13H15FN2O4/c1-4-5-15(8(2)3)11-7-10(14)9(13(17)18)6-12(11)16(19)20/h4,6-8H,1,5H2,2-3H3,(H,17,18). The lowest BCUT2D eigenvalue weighted by Crippen LogP contribution is -2.31. The van der Waals surface area contributed by atoms with E-state index in [2.05, 4.69) is 6.58 Å². The number of nitro benzene ring substituents is 1. The van der Waals surface area contributed by atoms with Gasteiger partial charge in [-0.1, -0.05) is 6.08 Å². The van der Waals surface area contributed by atoms with E-state index in [4.69, 9.17) is 5.11 Å². The molecule has 0 bridgehead atoms. The van der Waals surface area contributed by atoms with Gasteiger partial charge < -0.3 is 10.0 Å². The normalized spacial score (nSPS) is 10.4. The summed E-state index contributed by atoms with van der Waals surface area (Å²) in [4.78, 5) is 22.8. The number of halogens is 1. The summed E-state index contributed by atoms with van der Waals surface area (Å²) in [6.45, 7) is 7.41. The van der Waals surface area contributed by atoms with E-state index >= 15 is 0 Å². The molecule has 0 aliphatic heterocycles. The summed E-state index contributed by atoms with van der Waals surface area (Å²) in [5.74, 6) is -2.55. The van der Waals surface area contributed by atoms with Gasteiger partial charge in [0.1, 0.15) is 17.1 Å². The van der Waals surface area contributed by atoms with E-state index in [1.54, 1.807) is 18.7 Å². The Morgan fingerprint density at radius 2 is 2.20 bits per heavy atom. The summed E-state index contributed by atoms with van der Waals surface area (Å²) in [5, 5.41) is 19.9. The number of carbonyl (C=O) groups is 1. The minimum absolute atomic E-state index is 0.0346. The zero-order valence-electron chi connectivity index (χ0n) is 11.2. The molecule has 20 heavy (non-hydrogen) atoms. The molecule has 0 saturated carbocycles. The number of rotatable bonds is 6. The van der Waals surface area contributed by atoms with E-state index in [9.17, 15) is 19.3 Å². The van der Waals surface area contributed by atoms with Gasteiger partial charge in [-0.25, -0.2) is 9.18 Å². The van der Waals surface area contributed by atoms with Gasteiger partial charge in [0, 0.05) is 24.7 Å². The van der Waals surface area contributed by atoms with E-state index < -0.39 is 28.0 Å². The average molecular weight is 282 g/mol. The van der Waals surface area contributed by atoms with Crippen molar-refractivity contribution < 1.29 is 19.2 Å². The van der Waals surface area contributed by atoms with Crippen molar-refractivity contribution in [3.63, 3.8) is 0 Å². The van der Waals surface area contributed by atoms with Crippen LogP contribution in [0, 0.1) is 15.9 Å². The van der Waals surface area contributed by atoms with Crippen molar-refractivity contribution in [3.05, 3.63) is 46.3 Å². The van der Waals surface area contributed by atoms with Crippen molar-refractivity contribution >= 4 is 17.3 Å². The fourth-order valence-electron chi connectivity index (χ4n) is 1.82. The number of aromatic carboxylic acids is 1. The number of carboxylic acids is 1. The molecule has 1 N–H and O–H groups in total. The van der Waals surface area contributed by atoms with Crippen LogP contribution in [0.3, 0.4) is 0 Å². The smallest absolute Gasteiger partial charge is 0.338 e. The zero-order chi connectivity index (χ0) is 15.4. The molecule has 1 aromatic carbocycles. The van der Waals surface area contributed by atoms with Crippen LogP contribution in [0.5, 0.6) is 0 Å². The Kier molecular flexibility index (Phi) is 4.79. The molecule has 0 aliphatic carbocycles. The SMILES string of the molecule is C=CCN(c1cc(F)c(C(=O)O)cc1[N+](=O)[O-])C(C)C. The summed E-state index contributed by atoms with van der Waals surface area (Å²) in [6, 6.07) is 1.48. The first-order chi connectivity index (χ1) is 9.29. The zero-order valence-corrected chi connectivity index (χ0v) is 11.2. The van der Waals surface area contributed by atoms with Crippen LogP contribution in [0.2, 0.25) is 0 Å². The molecule has 0 aromatic heterocycles. The number of anilines is 1. The molecule has 0 atom stereocenters. The number of carboxylic acid groups (broad SMARTS) is 1. The van der Waals surface area contributed by atoms with E-state index in [1.165, 1.54) is 6.08 Å². The molecule has 0 spiro atoms. The molecule has 1 rings (SSSR count). The summed E-state index contributed by atoms with van der Waals surface area (Å²) in [5.41, 5.74) is -1.13. The Balaban J connectivity index is 3.51. The lowest BCUT2D eigenvalue weighted by molar-refractivity contribution is -0.384. The summed E-state index contributed by atoms with van der Waals surface area (Å²) >= 11 is 0. The molecule has 108 valence electrons. The van der Waals surface area contributed by atoms with Crippen molar-refractivity contribution in [2.45, 2.75) is 19.9 Å². The highest BCUT2D eigenvalue weighted by atomic mass is 19.1. The fraction of sp³-hybridized carbons (Fsp3) is 0.308. The van der Waals surface area contributed by atoms with Gasteiger partial charge in [0.2, 0.25) is 0 Å². The van der Waals surface area contributed by atoms with Gasteiger partial charge in [0.05, 0.1) is 4.92 Å². The van der Waals surface area contributed by atoms with E-state index in [-0.39, 0.29) is 18.3 Å². The first-order valence-electron chi connectivity index (χ1n) is 5.88. The second-order valence-electron chi connectivity index (χ2n) is 4.42. The second kappa shape index (κ2) is 6.14.